The Morgan fingerprint density at radius 2 is 2.00 bits per heavy atom. The molecule has 1 aromatic carbocycles. The molecule has 0 aliphatic rings. The summed E-state index contributed by atoms with van der Waals surface area (Å²) in [5.74, 6) is 1.25. The van der Waals surface area contributed by atoms with Gasteiger partial charge in [-0.3, -0.25) is 0 Å². The molecule has 3 N–H and O–H groups in total. The lowest BCUT2D eigenvalue weighted by Gasteiger charge is -2.17. The van der Waals surface area contributed by atoms with Gasteiger partial charge in [0, 0.05) is 11.4 Å². The van der Waals surface area contributed by atoms with Gasteiger partial charge in [-0.05, 0) is 29.1 Å². The summed E-state index contributed by atoms with van der Waals surface area (Å²) in [4.78, 5) is 13.1. The first kappa shape index (κ1) is 20.0. The van der Waals surface area contributed by atoms with E-state index in [1.807, 2.05) is 29.6 Å². The number of nitrogens with one attached hydrogen (secondary N) is 2. The predicted molar refractivity (Wildman–Crippen MR) is 99.9 cm³/mol. The minimum atomic E-state index is -0.297. The lowest BCUT2D eigenvalue weighted by atomic mass is 10.2. The molecular weight excluding hydrogens is 356 g/mol. The number of carbonyl (C=O) groups is 1. The Balaban J connectivity index is 1.84. The minimum Gasteiger partial charge on any atom is -0.493 e. The first-order valence-corrected chi connectivity index (χ1v) is 9.04. The third-order valence-electron chi connectivity index (χ3n) is 3.62. The molecule has 0 saturated carbocycles. The maximum atomic E-state index is 12.1. The number of methoxy groups -OCH3 is 2. The molecule has 1 aromatic heterocycles. The number of urea groups is 1. The average Bonchev–Trinajstić information content (AvgIpc) is 3.20. The third-order valence-corrected chi connectivity index (χ3v) is 4.58. The van der Waals surface area contributed by atoms with Crippen molar-refractivity contribution < 1.29 is 24.1 Å². The summed E-state index contributed by atoms with van der Waals surface area (Å²) >= 11 is 1.55. The van der Waals surface area contributed by atoms with Crippen LogP contribution in [0.1, 0.15) is 16.5 Å². The van der Waals surface area contributed by atoms with E-state index in [-0.39, 0.29) is 25.3 Å². The number of aliphatic hydroxyl groups excluding tert-OH is 1. The Hall–Kier alpha value is -2.29. The van der Waals surface area contributed by atoms with Gasteiger partial charge in [0.25, 0.3) is 0 Å². The van der Waals surface area contributed by atoms with Gasteiger partial charge >= 0.3 is 6.03 Å². The summed E-state index contributed by atoms with van der Waals surface area (Å²) < 4.78 is 16.0. The van der Waals surface area contributed by atoms with E-state index in [1.54, 1.807) is 31.6 Å². The van der Waals surface area contributed by atoms with Crippen LogP contribution < -0.4 is 20.1 Å². The van der Waals surface area contributed by atoms with Crippen LogP contribution in [0.4, 0.5) is 4.79 Å². The van der Waals surface area contributed by atoms with Gasteiger partial charge in [0.2, 0.25) is 0 Å². The Morgan fingerprint density at radius 1 is 1.19 bits per heavy atom. The zero-order valence-electron chi connectivity index (χ0n) is 14.9. The number of hydrogen-bond donors (Lipinski definition) is 3. The fraction of sp³-hybridized carbons (Fsp3) is 0.389. The molecule has 2 rings (SSSR count). The smallest absolute Gasteiger partial charge is 0.315 e. The van der Waals surface area contributed by atoms with Crippen LogP contribution >= 0.6 is 11.3 Å². The second-order valence-corrected chi connectivity index (χ2v) is 6.33. The van der Waals surface area contributed by atoms with Crippen molar-refractivity contribution in [1.82, 2.24) is 10.6 Å². The van der Waals surface area contributed by atoms with Gasteiger partial charge < -0.3 is 30.0 Å². The van der Waals surface area contributed by atoms with E-state index < -0.39 is 0 Å². The zero-order chi connectivity index (χ0) is 18.8. The molecule has 0 radical (unpaired) electrons. The monoisotopic (exact) mass is 380 g/mol. The lowest BCUT2D eigenvalue weighted by Crippen LogP contribution is -2.37. The summed E-state index contributed by atoms with van der Waals surface area (Å²) in [5.41, 5.74) is 0.893. The van der Waals surface area contributed by atoms with Crippen molar-refractivity contribution in [2.45, 2.75) is 12.6 Å². The van der Waals surface area contributed by atoms with Gasteiger partial charge in [-0.25, -0.2) is 4.79 Å². The molecule has 2 amide bonds. The van der Waals surface area contributed by atoms with E-state index in [9.17, 15) is 4.79 Å². The molecule has 0 bridgehead atoms. The molecule has 0 fully saturated rings. The maximum absolute atomic E-state index is 12.1. The van der Waals surface area contributed by atoms with Gasteiger partial charge in [0.15, 0.2) is 11.5 Å². The SMILES string of the molecule is COc1ccc(CNC(=O)NC[C@H](OCCO)c2cccs2)cc1OC. The predicted octanol–water partition coefficient (Wildman–Crippen LogP) is 2.31. The van der Waals surface area contributed by atoms with Crippen LogP contribution in [0.2, 0.25) is 0 Å². The highest BCUT2D eigenvalue weighted by Crippen LogP contribution is 2.27. The lowest BCUT2D eigenvalue weighted by molar-refractivity contribution is 0.0314. The molecule has 0 spiro atoms. The van der Waals surface area contributed by atoms with Crippen molar-refractivity contribution in [3.05, 3.63) is 46.2 Å². The highest BCUT2D eigenvalue weighted by molar-refractivity contribution is 7.10. The number of hydrogen-bond acceptors (Lipinski definition) is 6. The van der Waals surface area contributed by atoms with Crippen LogP contribution in [0.15, 0.2) is 35.7 Å². The Bertz CT molecular complexity index is 678. The molecular formula is C18H24N2O5S. The van der Waals surface area contributed by atoms with Gasteiger partial charge in [0.05, 0.1) is 34.0 Å². The fourth-order valence-electron chi connectivity index (χ4n) is 2.33. The number of thiophene rings is 1. The summed E-state index contributed by atoms with van der Waals surface area (Å²) in [5, 5.41) is 16.5. The average molecular weight is 380 g/mol. The molecule has 2 aromatic rings. The summed E-state index contributed by atoms with van der Waals surface area (Å²) in [6.07, 6.45) is -0.283. The van der Waals surface area contributed by atoms with Crippen LogP contribution in [0.5, 0.6) is 11.5 Å². The third kappa shape index (κ3) is 5.91. The second kappa shape index (κ2) is 10.6. The van der Waals surface area contributed by atoms with Crippen molar-refractivity contribution in [3.8, 4) is 11.5 Å². The van der Waals surface area contributed by atoms with Crippen LogP contribution in [-0.4, -0.2) is 45.1 Å². The first-order chi connectivity index (χ1) is 12.7. The number of carbonyl (C=O) groups excluding carboxylic acids is 1. The Kier molecular flexibility index (Phi) is 8.20. The highest BCUT2D eigenvalue weighted by Gasteiger charge is 2.14. The topological polar surface area (TPSA) is 89.1 Å². The van der Waals surface area contributed by atoms with E-state index >= 15 is 0 Å². The molecule has 8 heteroatoms. The largest absolute Gasteiger partial charge is 0.493 e. The van der Waals surface area contributed by atoms with Crippen LogP contribution in [0, 0.1) is 0 Å². The number of benzene rings is 1. The number of rotatable bonds is 10. The number of ether oxygens (including phenoxy) is 3. The van der Waals surface area contributed by atoms with Crippen molar-refractivity contribution in [2.24, 2.45) is 0 Å². The quantitative estimate of drug-likeness (QED) is 0.589. The molecule has 26 heavy (non-hydrogen) atoms. The van der Waals surface area contributed by atoms with E-state index in [1.165, 1.54) is 0 Å². The van der Waals surface area contributed by atoms with Crippen LogP contribution in [0.3, 0.4) is 0 Å². The second-order valence-electron chi connectivity index (χ2n) is 5.35. The van der Waals surface area contributed by atoms with E-state index in [4.69, 9.17) is 19.3 Å². The molecule has 0 saturated heterocycles. The molecule has 0 aliphatic heterocycles. The maximum Gasteiger partial charge on any atom is 0.315 e. The summed E-state index contributed by atoms with van der Waals surface area (Å²) in [7, 11) is 3.14. The molecule has 142 valence electrons. The van der Waals surface area contributed by atoms with Gasteiger partial charge in [0.1, 0.15) is 6.10 Å². The molecule has 1 heterocycles. The van der Waals surface area contributed by atoms with Gasteiger partial charge in [-0.2, -0.15) is 0 Å². The zero-order valence-corrected chi connectivity index (χ0v) is 15.7. The summed E-state index contributed by atoms with van der Waals surface area (Å²) in [6, 6.07) is 9.04. The van der Waals surface area contributed by atoms with E-state index in [0.717, 1.165) is 10.4 Å². The van der Waals surface area contributed by atoms with Gasteiger partial charge in [-0.1, -0.05) is 12.1 Å². The van der Waals surface area contributed by atoms with Crippen LogP contribution in [-0.2, 0) is 11.3 Å². The van der Waals surface area contributed by atoms with Gasteiger partial charge in [-0.15, -0.1) is 11.3 Å². The number of amides is 2. The first-order valence-electron chi connectivity index (χ1n) is 8.16. The highest BCUT2D eigenvalue weighted by atomic mass is 32.1. The standard InChI is InChI=1S/C18H24N2O5S/c1-23-14-6-5-13(10-15(14)24-2)11-19-18(22)20-12-16(25-8-7-21)17-4-3-9-26-17/h3-6,9-10,16,21H,7-8,11-12H2,1-2H3,(H2,19,20,22)/t16-/m0/s1. The fourth-order valence-corrected chi connectivity index (χ4v) is 3.11. The van der Waals surface area contributed by atoms with Crippen molar-refractivity contribution >= 4 is 17.4 Å². The van der Waals surface area contributed by atoms with E-state index in [0.29, 0.717) is 24.6 Å². The minimum absolute atomic E-state index is 0.0621. The normalized spacial score (nSPS) is 11.7. The molecule has 7 nitrogen and oxygen atoms in total. The van der Waals surface area contributed by atoms with Crippen molar-refractivity contribution in [2.75, 3.05) is 34.0 Å². The molecule has 0 aliphatic carbocycles. The number of aliphatic hydroxyl groups is 1. The molecule has 0 unspecified atom stereocenters. The summed E-state index contributed by atoms with van der Waals surface area (Å²) in [6.45, 7) is 0.830. The van der Waals surface area contributed by atoms with Crippen molar-refractivity contribution in [3.63, 3.8) is 0 Å². The van der Waals surface area contributed by atoms with E-state index in [2.05, 4.69) is 10.6 Å². The Morgan fingerprint density at radius 3 is 2.65 bits per heavy atom. The van der Waals surface area contributed by atoms with Crippen LogP contribution in [0.25, 0.3) is 0 Å². The molecule has 1 atom stereocenters. The Labute approximate surface area is 156 Å². The van der Waals surface area contributed by atoms with Crippen molar-refractivity contribution in [1.29, 1.82) is 0 Å².